The molecule has 1 unspecified atom stereocenters. The highest BCUT2D eigenvalue weighted by Gasteiger charge is 2.54. The highest BCUT2D eigenvalue weighted by molar-refractivity contribution is 7.99. The van der Waals surface area contributed by atoms with Gasteiger partial charge in [-0.05, 0) is 80.8 Å². The van der Waals surface area contributed by atoms with Gasteiger partial charge in [0.1, 0.15) is 0 Å². The van der Waals surface area contributed by atoms with E-state index >= 15 is 0 Å². The third kappa shape index (κ3) is 4.33. The molecule has 7 rings (SSSR count). The summed E-state index contributed by atoms with van der Waals surface area (Å²) in [6.45, 7) is 2.31. The number of nitrogens with zero attached hydrogens (tertiary/aromatic N) is 3. The average molecular weight is 486 g/mol. The Bertz CT molecular complexity index is 1150. The highest BCUT2D eigenvalue weighted by Crippen LogP contribution is 2.61. The predicted octanol–water partition coefficient (Wildman–Crippen LogP) is 6.69. The Balaban J connectivity index is 1.19. The summed E-state index contributed by atoms with van der Waals surface area (Å²) >= 11 is 1.55. The van der Waals surface area contributed by atoms with E-state index in [0.717, 1.165) is 39.9 Å². The molecule has 35 heavy (non-hydrogen) atoms. The number of carbonyl (C=O) groups is 1. The molecule has 1 amide bonds. The van der Waals surface area contributed by atoms with E-state index in [2.05, 4.69) is 46.9 Å². The van der Waals surface area contributed by atoms with Gasteiger partial charge >= 0.3 is 0 Å². The van der Waals surface area contributed by atoms with Gasteiger partial charge in [-0.3, -0.25) is 9.36 Å². The van der Waals surface area contributed by atoms with E-state index in [1.54, 1.807) is 11.8 Å². The number of para-hydroxylation sites is 1. The molecule has 1 aromatic heterocycles. The first-order valence-corrected chi connectivity index (χ1v) is 14.1. The van der Waals surface area contributed by atoms with Crippen LogP contribution in [0.1, 0.15) is 45.4 Å². The van der Waals surface area contributed by atoms with Crippen LogP contribution in [0, 0.1) is 23.2 Å². The van der Waals surface area contributed by atoms with Crippen LogP contribution in [-0.2, 0) is 4.79 Å². The van der Waals surface area contributed by atoms with E-state index in [1.807, 2.05) is 43.4 Å². The van der Waals surface area contributed by atoms with Gasteiger partial charge < -0.3 is 4.90 Å². The van der Waals surface area contributed by atoms with Crippen LogP contribution < -0.4 is 0 Å². The first kappa shape index (κ1) is 22.9. The van der Waals surface area contributed by atoms with Gasteiger partial charge in [0.2, 0.25) is 5.91 Å². The fraction of sp³-hybridized carbons (Fsp3) is 0.467. The minimum absolute atomic E-state index is 0.210. The molecule has 4 fully saturated rings. The Morgan fingerprint density at radius 1 is 1.00 bits per heavy atom. The average Bonchev–Trinajstić information content (AvgIpc) is 3.31. The third-order valence-electron chi connectivity index (χ3n) is 9.05. The van der Waals surface area contributed by atoms with E-state index in [9.17, 15) is 4.79 Å². The molecule has 0 radical (unpaired) electrons. The number of hydrogen-bond acceptors (Lipinski definition) is 3. The molecule has 182 valence electrons. The van der Waals surface area contributed by atoms with E-state index in [-0.39, 0.29) is 5.91 Å². The Kier molecular flexibility index (Phi) is 6.00. The molecule has 0 aliphatic heterocycles. The summed E-state index contributed by atoms with van der Waals surface area (Å²) in [4.78, 5) is 20.4. The summed E-state index contributed by atoms with van der Waals surface area (Å²) in [5.74, 6) is 3.32. The van der Waals surface area contributed by atoms with Gasteiger partial charge in [-0.2, -0.15) is 0 Å². The zero-order chi connectivity index (χ0) is 24.0. The van der Waals surface area contributed by atoms with Crippen LogP contribution in [0.2, 0.25) is 0 Å². The number of amides is 1. The molecule has 2 aromatic carbocycles. The molecule has 5 heteroatoms. The molecule has 4 aliphatic carbocycles. The number of carbonyl (C=O) groups excluding carboxylic acids is 1. The summed E-state index contributed by atoms with van der Waals surface area (Å²) < 4.78 is 2.11. The second-order valence-corrected chi connectivity index (χ2v) is 12.2. The largest absolute Gasteiger partial charge is 0.342 e. The number of hydrogen-bond donors (Lipinski definition) is 0. The molecule has 1 atom stereocenters. The maximum atomic E-state index is 13.4. The normalized spacial score (nSPS) is 27.7. The van der Waals surface area contributed by atoms with E-state index < -0.39 is 0 Å². The first-order chi connectivity index (χ1) is 17.0. The van der Waals surface area contributed by atoms with Crippen molar-refractivity contribution < 1.29 is 4.79 Å². The lowest BCUT2D eigenvalue weighted by molar-refractivity contribution is -0.139. The SMILES string of the molecule is CC(N(C)C(=O)CSc1nc(-c2ccccc2)cn1-c1ccccc1)C12CC3CC(CC(C3)C1)C2. The molecule has 0 saturated heterocycles. The Hall–Kier alpha value is -2.53. The van der Waals surface area contributed by atoms with Gasteiger partial charge in [-0.15, -0.1) is 0 Å². The zero-order valence-corrected chi connectivity index (χ0v) is 21.6. The smallest absolute Gasteiger partial charge is 0.233 e. The maximum Gasteiger partial charge on any atom is 0.233 e. The van der Waals surface area contributed by atoms with Crippen molar-refractivity contribution in [3.05, 3.63) is 66.9 Å². The topological polar surface area (TPSA) is 38.1 Å². The zero-order valence-electron chi connectivity index (χ0n) is 20.8. The van der Waals surface area contributed by atoms with Gasteiger partial charge in [0.25, 0.3) is 0 Å². The number of imidazole rings is 1. The van der Waals surface area contributed by atoms with Crippen molar-refractivity contribution in [2.24, 2.45) is 23.2 Å². The Morgan fingerprint density at radius 3 is 2.17 bits per heavy atom. The van der Waals surface area contributed by atoms with Gasteiger partial charge in [0.05, 0.1) is 11.4 Å². The van der Waals surface area contributed by atoms with Crippen LogP contribution in [0.3, 0.4) is 0 Å². The van der Waals surface area contributed by atoms with Crippen LogP contribution in [0.4, 0.5) is 0 Å². The number of benzene rings is 2. The summed E-state index contributed by atoms with van der Waals surface area (Å²) in [6.07, 6.45) is 10.4. The minimum Gasteiger partial charge on any atom is -0.342 e. The second kappa shape index (κ2) is 9.16. The van der Waals surface area contributed by atoms with Crippen LogP contribution >= 0.6 is 11.8 Å². The fourth-order valence-corrected chi connectivity index (χ4v) is 8.45. The summed E-state index contributed by atoms with van der Waals surface area (Å²) in [7, 11) is 2.03. The standard InChI is InChI=1S/C30H35N3OS/c1-21(30-16-22-13-23(17-30)15-24(14-22)18-30)32(2)28(34)20-35-29-31-27(25-9-5-3-6-10-25)19-33(29)26-11-7-4-8-12-26/h3-12,19,21-24H,13-18,20H2,1-2H3. The molecule has 3 aromatic rings. The van der Waals surface area contributed by atoms with Crippen molar-refractivity contribution in [2.45, 2.75) is 56.6 Å². The predicted molar refractivity (Wildman–Crippen MR) is 143 cm³/mol. The highest BCUT2D eigenvalue weighted by atomic mass is 32.2. The molecule has 1 heterocycles. The monoisotopic (exact) mass is 485 g/mol. The quantitative estimate of drug-likeness (QED) is 0.350. The first-order valence-electron chi connectivity index (χ1n) is 13.1. The van der Waals surface area contributed by atoms with E-state index in [1.165, 1.54) is 38.5 Å². The minimum atomic E-state index is 0.210. The Morgan fingerprint density at radius 2 is 1.57 bits per heavy atom. The van der Waals surface area contributed by atoms with Crippen LogP contribution in [-0.4, -0.2) is 39.2 Å². The van der Waals surface area contributed by atoms with E-state index in [0.29, 0.717) is 17.2 Å². The van der Waals surface area contributed by atoms with Gasteiger partial charge in [0.15, 0.2) is 5.16 Å². The molecular weight excluding hydrogens is 450 g/mol. The van der Waals surface area contributed by atoms with Crippen molar-refractivity contribution >= 4 is 17.7 Å². The summed E-state index contributed by atoms with van der Waals surface area (Å²) in [5.41, 5.74) is 3.42. The van der Waals surface area contributed by atoms with Crippen LogP contribution in [0.15, 0.2) is 72.0 Å². The van der Waals surface area contributed by atoms with Crippen molar-refractivity contribution in [2.75, 3.05) is 12.8 Å². The second-order valence-electron chi connectivity index (χ2n) is 11.2. The fourth-order valence-electron chi connectivity index (χ4n) is 7.53. The van der Waals surface area contributed by atoms with Crippen LogP contribution in [0.5, 0.6) is 0 Å². The molecule has 4 nitrogen and oxygen atoms in total. The molecule has 4 aliphatic rings. The van der Waals surface area contributed by atoms with E-state index in [4.69, 9.17) is 4.98 Å². The third-order valence-corrected chi connectivity index (χ3v) is 9.99. The molecular formula is C30H35N3OS. The lowest BCUT2D eigenvalue weighted by Gasteiger charge is -2.60. The molecule has 4 saturated carbocycles. The van der Waals surface area contributed by atoms with Crippen molar-refractivity contribution in [3.63, 3.8) is 0 Å². The van der Waals surface area contributed by atoms with Crippen LogP contribution in [0.25, 0.3) is 16.9 Å². The van der Waals surface area contributed by atoms with Crippen molar-refractivity contribution in [1.82, 2.24) is 14.5 Å². The number of aromatic nitrogens is 2. The maximum absolute atomic E-state index is 13.4. The van der Waals surface area contributed by atoms with Crippen molar-refractivity contribution in [1.29, 1.82) is 0 Å². The summed E-state index contributed by atoms with van der Waals surface area (Å²) in [5, 5.41) is 0.860. The number of rotatable bonds is 7. The lowest BCUT2D eigenvalue weighted by atomic mass is 9.47. The van der Waals surface area contributed by atoms with Gasteiger partial charge in [0, 0.05) is 30.5 Å². The molecule has 4 bridgehead atoms. The van der Waals surface area contributed by atoms with Gasteiger partial charge in [-0.25, -0.2) is 4.98 Å². The summed E-state index contributed by atoms with van der Waals surface area (Å²) in [6, 6.07) is 20.8. The molecule has 0 spiro atoms. The lowest BCUT2D eigenvalue weighted by Crippen LogP contribution is -2.56. The molecule has 0 N–H and O–H groups in total. The number of thioether (sulfide) groups is 1. The van der Waals surface area contributed by atoms with Crippen molar-refractivity contribution in [3.8, 4) is 16.9 Å². The van der Waals surface area contributed by atoms with Gasteiger partial charge in [-0.1, -0.05) is 60.3 Å². The Labute approximate surface area is 213 Å².